The van der Waals surface area contributed by atoms with E-state index in [1.165, 1.54) is 11.3 Å². The van der Waals surface area contributed by atoms with Crippen LogP contribution in [0.2, 0.25) is 10.0 Å². The van der Waals surface area contributed by atoms with Gasteiger partial charge in [-0.25, -0.2) is 4.98 Å². The van der Waals surface area contributed by atoms with Crippen LogP contribution in [-0.2, 0) is 11.2 Å². The second-order valence-corrected chi connectivity index (χ2v) is 4.98. The van der Waals surface area contributed by atoms with Gasteiger partial charge in [-0.05, 0) is 12.1 Å². The lowest BCUT2D eigenvalue weighted by Crippen LogP contribution is -1.99. The van der Waals surface area contributed by atoms with Crippen LogP contribution in [-0.4, -0.2) is 16.1 Å². The van der Waals surface area contributed by atoms with Crippen LogP contribution in [0.25, 0.3) is 10.6 Å². The summed E-state index contributed by atoms with van der Waals surface area (Å²) in [7, 11) is 0. The van der Waals surface area contributed by atoms with Gasteiger partial charge in [0.1, 0.15) is 5.01 Å². The second kappa shape index (κ2) is 5.04. The van der Waals surface area contributed by atoms with Crippen LogP contribution in [0.1, 0.15) is 5.69 Å². The fourth-order valence-corrected chi connectivity index (χ4v) is 2.94. The van der Waals surface area contributed by atoms with E-state index in [0.717, 1.165) is 0 Å². The number of carboxylic acids is 1. The molecule has 88 valence electrons. The number of halogens is 2. The largest absolute Gasteiger partial charge is 0.481 e. The SMILES string of the molecule is O=C(O)Cc1csc(-c2c(Cl)cccc2Cl)n1. The van der Waals surface area contributed by atoms with Crippen LogP contribution < -0.4 is 0 Å². The quantitative estimate of drug-likeness (QED) is 0.935. The Balaban J connectivity index is 2.40. The summed E-state index contributed by atoms with van der Waals surface area (Å²) in [4.78, 5) is 14.8. The average Bonchev–Trinajstić information content (AvgIpc) is 2.65. The van der Waals surface area contributed by atoms with Crippen molar-refractivity contribution in [1.29, 1.82) is 0 Å². The number of benzene rings is 1. The number of aliphatic carboxylic acids is 1. The Hall–Kier alpha value is -1.10. The summed E-state index contributed by atoms with van der Waals surface area (Å²) in [5, 5.41) is 12.0. The third kappa shape index (κ3) is 2.77. The first-order valence-corrected chi connectivity index (χ1v) is 6.32. The van der Waals surface area contributed by atoms with Crippen LogP contribution in [0.15, 0.2) is 23.6 Å². The van der Waals surface area contributed by atoms with E-state index in [9.17, 15) is 4.79 Å². The minimum Gasteiger partial charge on any atom is -0.481 e. The molecule has 0 saturated carbocycles. The van der Waals surface area contributed by atoms with Crippen molar-refractivity contribution in [2.24, 2.45) is 0 Å². The number of thiazole rings is 1. The van der Waals surface area contributed by atoms with Crippen LogP contribution in [0.5, 0.6) is 0 Å². The average molecular weight is 288 g/mol. The Bertz CT molecular complexity index is 548. The van der Waals surface area contributed by atoms with E-state index in [1.807, 2.05) is 0 Å². The molecule has 17 heavy (non-hydrogen) atoms. The van der Waals surface area contributed by atoms with Crippen LogP contribution in [0.3, 0.4) is 0 Å². The maximum absolute atomic E-state index is 10.6. The fourth-order valence-electron chi connectivity index (χ4n) is 1.36. The topological polar surface area (TPSA) is 50.2 Å². The molecule has 2 aromatic rings. The molecule has 2 rings (SSSR count). The molecule has 0 fully saturated rings. The van der Waals surface area contributed by atoms with Crippen molar-refractivity contribution >= 4 is 40.5 Å². The molecule has 0 spiro atoms. The summed E-state index contributed by atoms with van der Waals surface area (Å²) >= 11 is 13.4. The van der Waals surface area contributed by atoms with Crippen molar-refractivity contribution in [3.05, 3.63) is 39.3 Å². The van der Waals surface area contributed by atoms with Gasteiger partial charge in [0.15, 0.2) is 0 Å². The molecule has 1 aromatic carbocycles. The van der Waals surface area contributed by atoms with E-state index in [2.05, 4.69) is 4.98 Å². The normalized spacial score (nSPS) is 10.5. The molecule has 0 atom stereocenters. The zero-order chi connectivity index (χ0) is 12.4. The molecule has 0 aliphatic heterocycles. The highest BCUT2D eigenvalue weighted by atomic mass is 35.5. The number of carboxylic acid groups (broad SMARTS) is 1. The molecule has 0 unspecified atom stereocenters. The van der Waals surface area contributed by atoms with E-state index in [0.29, 0.717) is 26.3 Å². The lowest BCUT2D eigenvalue weighted by Gasteiger charge is -2.02. The summed E-state index contributed by atoms with van der Waals surface area (Å²) in [6, 6.07) is 5.20. The van der Waals surface area contributed by atoms with Gasteiger partial charge in [-0.15, -0.1) is 11.3 Å². The minimum absolute atomic E-state index is 0.0986. The van der Waals surface area contributed by atoms with E-state index in [-0.39, 0.29) is 6.42 Å². The first kappa shape index (κ1) is 12.4. The minimum atomic E-state index is -0.910. The molecule has 0 bridgehead atoms. The number of aromatic nitrogens is 1. The smallest absolute Gasteiger partial charge is 0.309 e. The van der Waals surface area contributed by atoms with Gasteiger partial charge in [0.25, 0.3) is 0 Å². The standard InChI is InChI=1S/C11H7Cl2NO2S/c12-7-2-1-3-8(13)10(7)11-14-6(5-17-11)4-9(15)16/h1-3,5H,4H2,(H,15,16). The lowest BCUT2D eigenvalue weighted by molar-refractivity contribution is -0.136. The maximum Gasteiger partial charge on any atom is 0.309 e. The van der Waals surface area contributed by atoms with Gasteiger partial charge in [-0.1, -0.05) is 29.3 Å². The lowest BCUT2D eigenvalue weighted by atomic mass is 10.2. The molecule has 1 N–H and O–H groups in total. The molecule has 0 aliphatic rings. The summed E-state index contributed by atoms with van der Waals surface area (Å²) in [6.07, 6.45) is -0.0986. The van der Waals surface area contributed by atoms with E-state index in [4.69, 9.17) is 28.3 Å². The number of rotatable bonds is 3. The third-order valence-electron chi connectivity index (χ3n) is 2.06. The molecule has 0 amide bonds. The van der Waals surface area contributed by atoms with Gasteiger partial charge in [0.05, 0.1) is 22.2 Å². The Morgan fingerprint density at radius 2 is 2.00 bits per heavy atom. The van der Waals surface area contributed by atoms with Gasteiger partial charge < -0.3 is 5.11 Å². The summed E-state index contributed by atoms with van der Waals surface area (Å²) in [6.45, 7) is 0. The molecule has 6 heteroatoms. The number of carbonyl (C=O) groups is 1. The zero-order valence-electron chi connectivity index (χ0n) is 8.48. The third-order valence-corrected chi connectivity index (χ3v) is 3.60. The summed E-state index contributed by atoms with van der Waals surface area (Å²) < 4.78 is 0. The monoisotopic (exact) mass is 287 g/mol. The first-order valence-electron chi connectivity index (χ1n) is 4.68. The van der Waals surface area contributed by atoms with Crippen molar-refractivity contribution in [2.45, 2.75) is 6.42 Å². The Morgan fingerprint density at radius 1 is 1.35 bits per heavy atom. The molecule has 1 aromatic heterocycles. The molecule has 0 aliphatic carbocycles. The van der Waals surface area contributed by atoms with Crippen LogP contribution in [0.4, 0.5) is 0 Å². The Morgan fingerprint density at radius 3 is 2.59 bits per heavy atom. The van der Waals surface area contributed by atoms with Gasteiger partial charge in [0, 0.05) is 10.9 Å². The first-order chi connectivity index (χ1) is 8.08. The van der Waals surface area contributed by atoms with E-state index < -0.39 is 5.97 Å². The van der Waals surface area contributed by atoms with Gasteiger partial charge in [0.2, 0.25) is 0 Å². The highest BCUT2D eigenvalue weighted by Crippen LogP contribution is 2.36. The molecule has 1 heterocycles. The number of hydrogen-bond donors (Lipinski definition) is 1. The van der Waals surface area contributed by atoms with Crippen molar-refractivity contribution < 1.29 is 9.90 Å². The van der Waals surface area contributed by atoms with Crippen LogP contribution >= 0.6 is 34.5 Å². The Kier molecular flexibility index (Phi) is 3.66. The Labute approximate surface area is 112 Å². The molecule has 3 nitrogen and oxygen atoms in total. The molecular formula is C11H7Cl2NO2S. The fraction of sp³-hybridized carbons (Fsp3) is 0.0909. The summed E-state index contributed by atoms with van der Waals surface area (Å²) in [5.41, 5.74) is 1.16. The van der Waals surface area contributed by atoms with Crippen molar-refractivity contribution in [3.63, 3.8) is 0 Å². The van der Waals surface area contributed by atoms with Crippen molar-refractivity contribution in [1.82, 2.24) is 4.98 Å². The number of nitrogens with zero attached hydrogens (tertiary/aromatic N) is 1. The van der Waals surface area contributed by atoms with Gasteiger partial charge >= 0.3 is 5.97 Å². The molecular weight excluding hydrogens is 281 g/mol. The summed E-state index contributed by atoms with van der Waals surface area (Å²) in [5.74, 6) is -0.910. The second-order valence-electron chi connectivity index (χ2n) is 3.31. The highest BCUT2D eigenvalue weighted by Gasteiger charge is 2.13. The predicted molar refractivity (Wildman–Crippen MR) is 68.9 cm³/mol. The number of hydrogen-bond acceptors (Lipinski definition) is 3. The van der Waals surface area contributed by atoms with Gasteiger partial charge in [-0.3, -0.25) is 4.79 Å². The zero-order valence-corrected chi connectivity index (χ0v) is 10.8. The van der Waals surface area contributed by atoms with Crippen molar-refractivity contribution in [2.75, 3.05) is 0 Å². The molecule has 0 radical (unpaired) electrons. The molecule has 0 saturated heterocycles. The van der Waals surface area contributed by atoms with E-state index in [1.54, 1.807) is 23.6 Å². The highest BCUT2D eigenvalue weighted by molar-refractivity contribution is 7.13. The predicted octanol–water partition coefficient (Wildman–Crippen LogP) is 3.74. The van der Waals surface area contributed by atoms with E-state index >= 15 is 0 Å². The maximum atomic E-state index is 10.6. The van der Waals surface area contributed by atoms with Crippen LogP contribution in [0, 0.1) is 0 Å². The van der Waals surface area contributed by atoms with Gasteiger partial charge in [-0.2, -0.15) is 0 Å². The van der Waals surface area contributed by atoms with Crippen molar-refractivity contribution in [3.8, 4) is 10.6 Å².